The summed E-state index contributed by atoms with van der Waals surface area (Å²) < 4.78 is 25.5. The highest BCUT2D eigenvalue weighted by Gasteiger charge is 2.12. The maximum Gasteiger partial charge on any atom is 0.254 e. The first-order valence-corrected chi connectivity index (χ1v) is 8.79. The summed E-state index contributed by atoms with van der Waals surface area (Å²) in [4.78, 5) is 11.8. The number of carbonyl (C=O) groups is 1. The maximum absolute atomic E-state index is 12.0. The van der Waals surface area contributed by atoms with Gasteiger partial charge in [-0.2, -0.15) is 5.10 Å². The Morgan fingerprint density at radius 2 is 2.00 bits per heavy atom. The first-order valence-electron chi connectivity index (χ1n) is 6.97. The third kappa shape index (κ3) is 5.00. The molecule has 0 atom stereocenters. The van der Waals surface area contributed by atoms with E-state index in [2.05, 4.69) is 10.4 Å². The second-order valence-electron chi connectivity index (χ2n) is 5.09. The summed E-state index contributed by atoms with van der Waals surface area (Å²) in [6, 6.07) is 9.07. The lowest BCUT2D eigenvalue weighted by Crippen LogP contribution is -2.25. The van der Waals surface area contributed by atoms with Gasteiger partial charge in [-0.1, -0.05) is 30.3 Å². The molecule has 22 heavy (non-hydrogen) atoms. The second-order valence-corrected chi connectivity index (χ2v) is 7.27. The third-order valence-electron chi connectivity index (χ3n) is 3.11. The molecule has 0 aliphatic carbocycles. The summed E-state index contributed by atoms with van der Waals surface area (Å²) in [5.74, 6) is -0.159. The van der Waals surface area contributed by atoms with Gasteiger partial charge in [0.15, 0.2) is 9.84 Å². The van der Waals surface area contributed by atoms with Gasteiger partial charge in [0.25, 0.3) is 5.91 Å². The van der Waals surface area contributed by atoms with E-state index in [-0.39, 0.29) is 17.4 Å². The SMILES string of the molecule is Cn1cc(C(=O)NCCCS(=O)(=O)Cc2ccccc2)cn1. The summed E-state index contributed by atoms with van der Waals surface area (Å²) >= 11 is 0. The van der Waals surface area contributed by atoms with Crippen molar-refractivity contribution in [3.63, 3.8) is 0 Å². The van der Waals surface area contributed by atoms with E-state index in [1.165, 1.54) is 6.20 Å². The van der Waals surface area contributed by atoms with Crippen LogP contribution in [0.4, 0.5) is 0 Å². The van der Waals surface area contributed by atoms with Crippen molar-refractivity contribution in [2.45, 2.75) is 12.2 Å². The standard InChI is InChI=1S/C15H19N3O3S/c1-18-11-14(10-17-18)15(19)16-8-5-9-22(20,21)12-13-6-3-2-4-7-13/h2-4,6-7,10-11H,5,8-9,12H2,1H3,(H,16,19). The highest BCUT2D eigenvalue weighted by atomic mass is 32.2. The molecule has 1 heterocycles. The van der Waals surface area contributed by atoms with Gasteiger partial charge in [0.05, 0.1) is 23.3 Å². The van der Waals surface area contributed by atoms with Crippen LogP contribution in [0.15, 0.2) is 42.7 Å². The van der Waals surface area contributed by atoms with Crippen molar-refractivity contribution in [3.8, 4) is 0 Å². The van der Waals surface area contributed by atoms with Gasteiger partial charge in [0, 0.05) is 19.8 Å². The van der Waals surface area contributed by atoms with Crippen LogP contribution >= 0.6 is 0 Å². The van der Waals surface area contributed by atoms with E-state index in [1.54, 1.807) is 30.1 Å². The highest BCUT2D eigenvalue weighted by Crippen LogP contribution is 2.07. The molecule has 1 amide bonds. The number of nitrogens with zero attached hydrogens (tertiary/aromatic N) is 2. The van der Waals surface area contributed by atoms with Gasteiger partial charge in [-0.25, -0.2) is 8.42 Å². The minimum atomic E-state index is -3.16. The van der Waals surface area contributed by atoms with Gasteiger partial charge in [0.2, 0.25) is 0 Å². The van der Waals surface area contributed by atoms with E-state index in [1.807, 2.05) is 18.2 Å². The van der Waals surface area contributed by atoms with Crippen LogP contribution in [0.25, 0.3) is 0 Å². The van der Waals surface area contributed by atoms with E-state index >= 15 is 0 Å². The molecular formula is C15H19N3O3S. The Hall–Kier alpha value is -2.15. The van der Waals surface area contributed by atoms with Gasteiger partial charge in [-0.3, -0.25) is 9.48 Å². The molecule has 2 rings (SSSR count). The van der Waals surface area contributed by atoms with Crippen LogP contribution < -0.4 is 5.32 Å². The monoisotopic (exact) mass is 321 g/mol. The lowest BCUT2D eigenvalue weighted by Gasteiger charge is -2.06. The molecule has 1 aromatic heterocycles. The van der Waals surface area contributed by atoms with E-state index < -0.39 is 9.84 Å². The van der Waals surface area contributed by atoms with E-state index in [4.69, 9.17) is 0 Å². The largest absolute Gasteiger partial charge is 0.352 e. The Morgan fingerprint density at radius 3 is 2.64 bits per heavy atom. The number of hydrogen-bond acceptors (Lipinski definition) is 4. The molecule has 118 valence electrons. The van der Waals surface area contributed by atoms with Gasteiger partial charge < -0.3 is 5.32 Å². The van der Waals surface area contributed by atoms with Crippen molar-refractivity contribution in [1.29, 1.82) is 0 Å². The summed E-state index contributed by atoms with van der Waals surface area (Å²) in [7, 11) is -1.43. The predicted octanol–water partition coefficient (Wildman–Crippen LogP) is 1.15. The molecule has 0 aliphatic heterocycles. The molecule has 0 radical (unpaired) electrons. The van der Waals surface area contributed by atoms with Gasteiger partial charge in [0.1, 0.15) is 0 Å². The fourth-order valence-corrected chi connectivity index (χ4v) is 3.46. The van der Waals surface area contributed by atoms with Crippen LogP contribution in [-0.2, 0) is 22.6 Å². The molecule has 0 unspecified atom stereocenters. The van der Waals surface area contributed by atoms with Crippen LogP contribution in [0.1, 0.15) is 22.3 Å². The van der Waals surface area contributed by atoms with Crippen LogP contribution in [-0.4, -0.2) is 36.4 Å². The van der Waals surface area contributed by atoms with E-state index in [0.717, 1.165) is 5.56 Å². The zero-order valence-electron chi connectivity index (χ0n) is 12.4. The first-order chi connectivity index (χ1) is 10.5. The number of benzene rings is 1. The van der Waals surface area contributed by atoms with Gasteiger partial charge in [-0.05, 0) is 12.0 Å². The molecule has 0 spiro atoms. The van der Waals surface area contributed by atoms with Crippen molar-refractivity contribution in [2.75, 3.05) is 12.3 Å². The fourth-order valence-electron chi connectivity index (χ4n) is 2.03. The summed E-state index contributed by atoms with van der Waals surface area (Å²) in [5.41, 5.74) is 1.25. The first kappa shape index (κ1) is 16.2. The summed E-state index contributed by atoms with van der Waals surface area (Å²) in [6.07, 6.45) is 3.48. The van der Waals surface area contributed by atoms with Crippen molar-refractivity contribution in [2.24, 2.45) is 7.05 Å². The average molecular weight is 321 g/mol. The highest BCUT2D eigenvalue weighted by molar-refractivity contribution is 7.90. The topological polar surface area (TPSA) is 81.1 Å². The van der Waals surface area contributed by atoms with Crippen LogP contribution in [0.2, 0.25) is 0 Å². The summed E-state index contributed by atoms with van der Waals surface area (Å²) in [5, 5.41) is 6.60. The van der Waals surface area contributed by atoms with Crippen LogP contribution in [0, 0.1) is 0 Å². The number of aromatic nitrogens is 2. The molecule has 0 fully saturated rings. The Morgan fingerprint density at radius 1 is 1.27 bits per heavy atom. The fraction of sp³-hybridized carbons (Fsp3) is 0.333. The number of aryl methyl sites for hydroxylation is 1. The molecule has 6 nitrogen and oxygen atoms in total. The van der Waals surface area contributed by atoms with Crippen molar-refractivity contribution >= 4 is 15.7 Å². The Balaban J connectivity index is 1.75. The second kappa shape index (κ2) is 7.22. The number of rotatable bonds is 7. The zero-order valence-corrected chi connectivity index (χ0v) is 13.2. The van der Waals surface area contributed by atoms with Crippen molar-refractivity contribution in [1.82, 2.24) is 15.1 Å². The lowest BCUT2D eigenvalue weighted by atomic mass is 10.2. The molecule has 2 aromatic rings. The minimum Gasteiger partial charge on any atom is -0.352 e. The smallest absolute Gasteiger partial charge is 0.254 e. The average Bonchev–Trinajstić information content (AvgIpc) is 2.91. The quantitative estimate of drug-likeness (QED) is 0.776. The van der Waals surface area contributed by atoms with Gasteiger partial charge >= 0.3 is 0 Å². The van der Waals surface area contributed by atoms with Crippen molar-refractivity contribution in [3.05, 3.63) is 53.9 Å². The third-order valence-corrected chi connectivity index (χ3v) is 4.80. The van der Waals surface area contributed by atoms with Crippen LogP contribution in [0.5, 0.6) is 0 Å². The maximum atomic E-state index is 12.0. The molecule has 7 heteroatoms. The molecule has 0 saturated carbocycles. The Kier molecular flexibility index (Phi) is 5.32. The number of carbonyl (C=O) groups excluding carboxylic acids is 1. The molecular weight excluding hydrogens is 302 g/mol. The Labute approximate surface area is 130 Å². The molecule has 0 aliphatic rings. The van der Waals surface area contributed by atoms with E-state index in [9.17, 15) is 13.2 Å². The van der Waals surface area contributed by atoms with E-state index in [0.29, 0.717) is 18.5 Å². The number of hydrogen-bond donors (Lipinski definition) is 1. The molecule has 1 N–H and O–H groups in total. The minimum absolute atomic E-state index is 0.0321. The Bertz CT molecular complexity index is 724. The normalized spacial score (nSPS) is 11.3. The molecule has 1 aromatic carbocycles. The van der Waals surface area contributed by atoms with Crippen molar-refractivity contribution < 1.29 is 13.2 Å². The predicted molar refractivity (Wildman–Crippen MR) is 84.1 cm³/mol. The molecule has 0 bridgehead atoms. The zero-order chi connectivity index (χ0) is 16.0. The number of amides is 1. The summed E-state index contributed by atoms with van der Waals surface area (Å²) in [6.45, 7) is 0.321. The number of sulfone groups is 1. The van der Waals surface area contributed by atoms with Gasteiger partial charge in [-0.15, -0.1) is 0 Å². The van der Waals surface area contributed by atoms with Crippen LogP contribution in [0.3, 0.4) is 0 Å². The lowest BCUT2D eigenvalue weighted by molar-refractivity contribution is 0.0953. The molecule has 0 saturated heterocycles. The number of nitrogens with one attached hydrogen (secondary N) is 1.